The Kier molecular flexibility index (Phi) is 4.33. The maximum Gasteiger partial charge on any atom is 0.335 e. The molecule has 1 saturated carbocycles. The van der Waals surface area contributed by atoms with Gasteiger partial charge in [-0.3, -0.25) is 0 Å². The van der Waals surface area contributed by atoms with E-state index in [2.05, 4.69) is 6.92 Å². The summed E-state index contributed by atoms with van der Waals surface area (Å²) in [5.74, 6) is -0.179. The van der Waals surface area contributed by atoms with Crippen molar-refractivity contribution in [3.63, 3.8) is 0 Å². The molecule has 15 heavy (non-hydrogen) atoms. The summed E-state index contributed by atoms with van der Waals surface area (Å²) < 4.78 is 5.53. The quantitative estimate of drug-likeness (QED) is 0.729. The van der Waals surface area contributed by atoms with Crippen LogP contribution < -0.4 is 0 Å². The van der Waals surface area contributed by atoms with Crippen LogP contribution in [0.3, 0.4) is 0 Å². The summed E-state index contributed by atoms with van der Waals surface area (Å²) in [7, 11) is 0. The predicted molar refractivity (Wildman–Crippen MR) is 58.8 cm³/mol. The highest BCUT2D eigenvalue weighted by Gasteiger charge is 2.41. The van der Waals surface area contributed by atoms with E-state index in [1.165, 1.54) is 0 Å². The molecule has 0 heterocycles. The van der Waals surface area contributed by atoms with Crippen molar-refractivity contribution in [1.29, 1.82) is 0 Å². The van der Waals surface area contributed by atoms with Crippen molar-refractivity contribution in [1.82, 2.24) is 0 Å². The molecule has 0 radical (unpaired) electrons. The Hall–Kier alpha value is -0.830. The molecule has 0 spiro atoms. The van der Waals surface area contributed by atoms with Gasteiger partial charge in [-0.15, -0.1) is 0 Å². The van der Waals surface area contributed by atoms with Crippen molar-refractivity contribution in [2.24, 2.45) is 5.92 Å². The first-order chi connectivity index (χ1) is 7.10. The van der Waals surface area contributed by atoms with Crippen LogP contribution in [-0.2, 0) is 9.53 Å². The predicted octanol–water partition coefficient (Wildman–Crippen LogP) is 2.61. The molecule has 0 aromatic carbocycles. The number of rotatable bonds is 4. The Morgan fingerprint density at radius 1 is 1.53 bits per heavy atom. The van der Waals surface area contributed by atoms with Crippen LogP contribution in [0.2, 0.25) is 0 Å². The maximum atomic E-state index is 11.2. The van der Waals surface area contributed by atoms with Gasteiger partial charge >= 0.3 is 5.97 Å². The van der Waals surface area contributed by atoms with E-state index in [0.29, 0.717) is 25.4 Å². The topological polar surface area (TPSA) is 46.5 Å². The van der Waals surface area contributed by atoms with Gasteiger partial charge in [0.05, 0.1) is 6.61 Å². The molecule has 3 heteroatoms. The van der Waals surface area contributed by atoms with E-state index in [-0.39, 0.29) is 0 Å². The minimum absolute atomic E-state index is 0.400. The first-order valence-corrected chi connectivity index (χ1v) is 5.59. The van der Waals surface area contributed by atoms with Gasteiger partial charge in [-0.1, -0.05) is 19.1 Å². The van der Waals surface area contributed by atoms with Gasteiger partial charge in [0.25, 0.3) is 0 Å². The molecular weight excluding hydrogens is 192 g/mol. The number of ether oxygens (including phenoxy) is 1. The summed E-state index contributed by atoms with van der Waals surface area (Å²) in [4.78, 5) is 11.2. The molecule has 0 amide bonds. The molecule has 1 N–H and O–H groups in total. The SMILES string of the molecule is CC=CCOC1(C(=O)O)CCC(C)CC1. The highest BCUT2D eigenvalue weighted by Crippen LogP contribution is 2.34. The number of aliphatic carboxylic acids is 1. The van der Waals surface area contributed by atoms with Gasteiger partial charge in [0.2, 0.25) is 0 Å². The zero-order valence-corrected chi connectivity index (χ0v) is 9.53. The number of hydrogen-bond donors (Lipinski definition) is 1. The van der Waals surface area contributed by atoms with Crippen LogP contribution in [0.25, 0.3) is 0 Å². The molecule has 1 aliphatic rings. The standard InChI is InChI=1S/C12H20O3/c1-3-4-9-15-12(11(13)14)7-5-10(2)6-8-12/h3-4,10H,5-9H2,1-2H3,(H,13,14). The number of hydrogen-bond acceptors (Lipinski definition) is 2. The van der Waals surface area contributed by atoms with Gasteiger partial charge in [-0.05, 0) is 38.5 Å². The normalized spacial score (nSPS) is 32.0. The lowest BCUT2D eigenvalue weighted by Crippen LogP contribution is -2.44. The molecule has 0 unspecified atom stereocenters. The van der Waals surface area contributed by atoms with Crippen LogP contribution in [0.1, 0.15) is 39.5 Å². The third-order valence-electron chi connectivity index (χ3n) is 3.16. The van der Waals surface area contributed by atoms with Crippen LogP contribution >= 0.6 is 0 Å². The van der Waals surface area contributed by atoms with E-state index in [1.807, 2.05) is 19.1 Å². The Labute approximate surface area is 91.1 Å². The molecule has 0 aromatic rings. The summed E-state index contributed by atoms with van der Waals surface area (Å²) in [5, 5.41) is 9.23. The highest BCUT2D eigenvalue weighted by molar-refractivity contribution is 5.77. The summed E-state index contributed by atoms with van der Waals surface area (Å²) in [6, 6.07) is 0. The van der Waals surface area contributed by atoms with Crippen molar-refractivity contribution >= 4 is 5.97 Å². The van der Waals surface area contributed by atoms with Gasteiger partial charge < -0.3 is 9.84 Å². The van der Waals surface area contributed by atoms with Crippen molar-refractivity contribution in [2.45, 2.75) is 45.1 Å². The molecule has 0 aromatic heterocycles. The minimum Gasteiger partial charge on any atom is -0.479 e. The molecule has 1 rings (SSSR count). The molecule has 3 nitrogen and oxygen atoms in total. The molecular formula is C12H20O3. The molecule has 0 atom stereocenters. The molecule has 86 valence electrons. The fourth-order valence-electron chi connectivity index (χ4n) is 1.95. The van der Waals surface area contributed by atoms with Crippen molar-refractivity contribution in [3.05, 3.63) is 12.2 Å². The van der Waals surface area contributed by atoms with Crippen LogP contribution in [0.4, 0.5) is 0 Å². The van der Waals surface area contributed by atoms with Crippen LogP contribution in [0.5, 0.6) is 0 Å². The largest absolute Gasteiger partial charge is 0.479 e. The fraction of sp³-hybridized carbons (Fsp3) is 0.750. The van der Waals surface area contributed by atoms with Gasteiger partial charge in [-0.25, -0.2) is 4.79 Å². The average molecular weight is 212 g/mol. The summed E-state index contributed by atoms with van der Waals surface area (Å²) in [5.41, 5.74) is -0.925. The highest BCUT2D eigenvalue weighted by atomic mass is 16.5. The lowest BCUT2D eigenvalue weighted by Gasteiger charge is -2.35. The number of allylic oxidation sites excluding steroid dienone is 1. The van der Waals surface area contributed by atoms with Gasteiger partial charge in [0.1, 0.15) is 0 Å². The third-order valence-corrected chi connectivity index (χ3v) is 3.16. The van der Waals surface area contributed by atoms with E-state index >= 15 is 0 Å². The Morgan fingerprint density at radius 3 is 2.60 bits per heavy atom. The monoisotopic (exact) mass is 212 g/mol. The Bertz CT molecular complexity index is 237. The number of carboxylic acid groups (broad SMARTS) is 1. The first kappa shape index (κ1) is 12.2. The molecule has 1 aliphatic carbocycles. The van der Waals surface area contributed by atoms with Gasteiger partial charge in [-0.2, -0.15) is 0 Å². The lowest BCUT2D eigenvalue weighted by molar-refractivity contribution is -0.170. The number of carboxylic acids is 1. The van der Waals surface area contributed by atoms with Crippen molar-refractivity contribution < 1.29 is 14.6 Å². The third kappa shape index (κ3) is 3.06. The van der Waals surface area contributed by atoms with Crippen LogP contribution in [-0.4, -0.2) is 23.3 Å². The second kappa shape index (κ2) is 5.31. The number of carbonyl (C=O) groups is 1. The molecule has 0 bridgehead atoms. The second-order valence-electron chi connectivity index (χ2n) is 4.36. The zero-order chi connectivity index (χ0) is 11.3. The summed E-state index contributed by atoms with van der Waals surface area (Å²) >= 11 is 0. The summed E-state index contributed by atoms with van der Waals surface area (Å²) in [6.45, 7) is 4.47. The average Bonchev–Trinajstić information content (AvgIpc) is 2.21. The molecule has 0 saturated heterocycles. The van der Waals surface area contributed by atoms with Crippen LogP contribution in [0, 0.1) is 5.92 Å². The van der Waals surface area contributed by atoms with Crippen molar-refractivity contribution in [3.8, 4) is 0 Å². The second-order valence-corrected chi connectivity index (χ2v) is 4.36. The van der Waals surface area contributed by atoms with E-state index in [9.17, 15) is 9.90 Å². The summed E-state index contributed by atoms with van der Waals surface area (Å²) in [6.07, 6.45) is 6.90. The van der Waals surface area contributed by atoms with Gasteiger partial charge in [0, 0.05) is 0 Å². The Balaban J connectivity index is 2.59. The van der Waals surface area contributed by atoms with Gasteiger partial charge in [0.15, 0.2) is 5.60 Å². The van der Waals surface area contributed by atoms with E-state index in [4.69, 9.17) is 4.74 Å². The molecule has 0 aliphatic heterocycles. The molecule has 1 fully saturated rings. The van der Waals surface area contributed by atoms with E-state index in [1.54, 1.807) is 0 Å². The van der Waals surface area contributed by atoms with E-state index in [0.717, 1.165) is 12.8 Å². The van der Waals surface area contributed by atoms with Crippen molar-refractivity contribution in [2.75, 3.05) is 6.61 Å². The van der Waals surface area contributed by atoms with Crippen LogP contribution in [0.15, 0.2) is 12.2 Å². The fourth-order valence-corrected chi connectivity index (χ4v) is 1.95. The zero-order valence-electron chi connectivity index (χ0n) is 9.53. The lowest BCUT2D eigenvalue weighted by atomic mass is 9.79. The van der Waals surface area contributed by atoms with E-state index < -0.39 is 11.6 Å². The maximum absolute atomic E-state index is 11.2. The first-order valence-electron chi connectivity index (χ1n) is 5.59. The minimum atomic E-state index is -0.925. The smallest absolute Gasteiger partial charge is 0.335 e. The Morgan fingerprint density at radius 2 is 2.13 bits per heavy atom.